The lowest BCUT2D eigenvalue weighted by Crippen LogP contribution is -2.24. The van der Waals surface area contributed by atoms with Gasteiger partial charge in [0.15, 0.2) is 5.65 Å². The zero-order chi connectivity index (χ0) is 15.0. The third kappa shape index (κ3) is 2.45. The number of hydrogen-bond donors (Lipinski definition) is 1. The van der Waals surface area contributed by atoms with Crippen molar-refractivity contribution in [2.45, 2.75) is 26.5 Å². The predicted molar refractivity (Wildman–Crippen MR) is 78.1 cm³/mol. The average Bonchev–Trinajstić information content (AvgIpc) is 2.78. The molecule has 0 saturated carbocycles. The van der Waals surface area contributed by atoms with E-state index in [-0.39, 0.29) is 12.2 Å². The van der Waals surface area contributed by atoms with E-state index in [4.69, 9.17) is 0 Å². The third-order valence-corrected chi connectivity index (χ3v) is 3.53. The monoisotopic (exact) mass is 284 g/mol. The molecular weight excluding hydrogens is 268 g/mol. The fourth-order valence-electron chi connectivity index (χ4n) is 2.38. The Morgan fingerprint density at radius 2 is 2.14 bits per heavy atom. The fraction of sp³-hybridized carbons (Fsp3) is 0.267. The number of aliphatic hydroxyl groups excluding tert-OH is 1. The molecule has 6 nitrogen and oxygen atoms in total. The van der Waals surface area contributed by atoms with Crippen molar-refractivity contribution >= 4 is 5.65 Å². The number of benzene rings is 1. The molecule has 108 valence electrons. The summed E-state index contributed by atoms with van der Waals surface area (Å²) in [7, 11) is 0. The second-order valence-electron chi connectivity index (χ2n) is 5.15. The zero-order valence-corrected chi connectivity index (χ0v) is 11.9. The number of rotatable bonds is 3. The normalized spacial score (nSPS) is 12.7. The summed E-state index contributed by atoms with van der Waals surface area (Å²) in [6.45, 7) is 4.03. The lowest BCUT2D eigenvalue weighted by molar-refractivity contribution is 0.149. The molecule has 21 heavy (non-hydrogen) atoms. The van der Waals surface area contributed by atoms with Crippen LogP contribution in [0.3, 0.4) is 0 Å². The largest absolute Gasteiger partial charge is 0.386 e. The van der Waals surface area contributed by atoms with Crippen molar-refractivity contribution in [1.29, 1.82) is 0 Å². The molecular formula is C15H16N4O2. The van der Waals surface area contributed by atoms with Gasteiger partial charge in [0, 0.05) is 12.4 Å². The highest BCUT2D eigenvalue weighted by atomic mass is 16.3. The topological polar surface area (TPSA) is 72.4 Å². The van der Waals surface area contributed by atoms with Crippen LogP contribution in [0.5, 0.6) is 0 Å². The highest BCUT2D eigenvalue weighted by Crippen LogP contribution is 2.20. The van der Waals surface area contributed by atoms with E-state index in [9.17, 15) is 9.90 Å². The van der Waals surface area contributed by atoms with E-state index in [1.54, 1.807) is 6.20 Å². The Morgan fingerprint density at radius 3 is 2.90 bits per heavy atom. The van der Waals surface area contributed by atoms with Crippen LogP contribution in [0.25, 0.3) is 5.65 Å². The van der Waals surface area contributed by atoms with Gasteiger partial charge in [0.2, 0.25) is 0 Å². The van der Waals surface area contributed by atoms with Crippen LogP contribution in [0.2, 0.25) is 0 Å². The van der Waals surface area contributed by atoms with Gasteiger partial charge in [0.05, 0.1) is 18.8 Å². The van der Waals surface area contributed by atoms with E-state index in [1.165, 1.54) is 21.5 Å². The molecule has 0 radical (unpaired) electrons. The van der Waals surface area contributed by atoms with E-state index >= 15 is 0 Å². The number of nitrogens with zero attached hydrogens (tertiary/aromatic N) is 4. The van der Waals surface area contributed by atoms with Crippen LogP contribution in [0, 0.1) is 13.8 Å². The summed E-state index contributed by atoms with van der Waals surface area (Å²) in [4.78, 5) is 16.1. The Labute approximate surface area is 121 Å². The summed E-state index contributed by atoms with van der Waals surface area (Å²) in [6.07, 6.45) is 3.83. The molecule has 2 aromatic heterocycles. The summed E-state index contributed by atoms with van der Waals surface area (Å²) in [5, 5.41) is 14.6. The minimum atomic E-state index is -0.777. The first-order valence-corrected chi connectivity index (χ1v) is 6.70. The first-order chi connectivity index (χ1) is 10.1. The van der Waals surface area contributed by atoms with Crippen LogP contribution in [0.4, 0.5) is 0 Å². The highest BCUT2D eigenvalue weighted by Gasteiger charge is 2.15. The SMILES string of the molecule is Cc1ccc(C)c(C(O)Cn2nc3cnccn3c2=O)c1. The smallest absolute Gasteiger partial charge is 0.350 e. The molecule has 0 aliphatic carbocycles. The van der Waals surface area contributed by atoms with Crippen LogP contribution in [-0.4, -0.2) is 24.3 Å². The molecule has 0 aliphatic heterocycles. The van der Waals surface area contributed by atoms with Crippen molar-refractivity contribution in [3.05, 3.63) is 64.0 Å². The standard InChI is InChI=1S/C15H16N4O2/c1-10-3-4-11(2)12(7-10)13(20)9-19-15(21)18-6-5-16-8-14(18)17-19/h3-8,13,20H,9H2,1-2H3. The molecule has 0 bridgehead atoms. The van der Waals surface area contributed by atoms with Crippen molar-refractivity contribution < 1.29 is 5.11 Å². The molecule has 1 N–H and O–H groups in total. The molecule has 3 rings (SSSR count). The summed E-state index contributed by atoms with van der Waals surface area (Å²) < 4.78 is 2.67. The number of aliphatic hydroxyl groups is 1. The van der Waals surface area contributed by atoms with Crippen LogP contribution in [0.1, 0.15) is 22.8 Å². The predicted octanol–water partition coefficient (Wildman–Crippen LogP) is 1.24. The van der Waals surface area contributed by atoms with Gasteiger partial charge in [-0.05, 0) is 25.0 Å². The first kappa shape index (κ1) is 13.5. The summed E-state index contributed by atoms with van der Waals surface area (Å²) in [5.74, 6) is 0. The van der Waals surface area contributed by atoms with Crippen molar-refractivity contribution in [3.8, 4) is 0 Å². The van der Waals surface area contributed by atoms with Crippen molar-refractivity contribution in [3.63, 3.8) is 0 Å². The molecule has 1 unspecified atom stereocenters. The minimum Gasteiger partial charge on any atom is -0.386 e. The average molecular weight is 284 g/mol. The zero-order valence-electron chi connectivity index (χ0n) is 11.9. The first-order valence-electron chi connectivity index (χ1n) is 6.70. The molecule has 6 heteroatoms. The van der Waals surface area contributed by atoms with Gasteiger partial charge in [-0.2, -0.15) is 0 Å². The molecule has 3 aromatic rings. The van der Waals surface area contributed by atoms with E-state index < -0.39 is 6.10 Å². The Hall–Kier alpha value is -2.47. The Balaban J connectivity index is 1.96. The van der Waals surface area contributed by atoms with Gasteiger partial charge < -0.3 is 5.11 Å². The molecule has 0 saturated heterocycles. The van der Waals surface area contributed by atoms with Gasteiger partial charge in [0.25, 0.3) is 0 Å². The molecule has 0 aliphatic rings. The maximum Gasteiger partial charge on any atom is 0.350 e. The molecule has 1 atom stereocenters. The number of fused-ring (bicyclic) bond motifs is 1. The second-order valence-corrected chi connectivity index (χ2v) is 5.15. The molecule has 0 spiro atoms. The highest BCUT2D eigenvalue weighted by molar-refractivity contribution is 5.33. The molecule has 0 amide bonds. The van der Waals surface area contributed by atoms with E-state index in [1.807, 2.05) is 32.0 Å². The second kappa shape index (κ2) is 5.14. The lowest BCUT2D eigenvalue weighted by Gasteiger charge is -2.13. The number of aromatic nitrogens is 4. The van der Waals surface area contributed by atoms with E-state index in [2.05, 4.69) is 10.1 Å². The molecule has 2 heterocycles. The fourth-order valence-corrected chi connectivity index (χ4v) is 2.38. The van der Waals surface area contributed by atoms with Crippen LogP contribution >= 0.6 is 0 Å². The van der Waals surface area contributed by atoms with Gasteiger partial charge in [-0.3, -0.25) is 4.98 Å². The number of aryl methyl sites for hydroxylation is 2. The van der Waals surface area contributed by atoms with Crippen molar-refractivity contribution in [1.82, 2.24) is 19.2 Å². The van der Waals surface area contributed by atoms with E-state index in [0.717, 1.165) is 16.7 Å². The quantitative estimate of drug-likeness (QED) is 0.785. The van der Waals surface area contributed by atoms with Gasteiger partial charge in [-0.25, -0.2) is 13.9 Å². The Bertz CT molecular complexity index is 850. The molecule has 1 aromatic carbocycles. The summed E-state index contributed by atoms with van der Waals surface area (Å²) in [6, 6.07) is 5.89. The summed E-state index contributed by atoms with van der Waals surface area (Å²) >= 11 is 0. The maximum absolute atomic E-state index is 12.2. The molecule has 0 fully saturated rings. The van der Waals surface area contributed by atoms with Gasteiger partial charge >= 0.3 is 5.69 Å². The Kier molecular flexibility index (Phi) is 3.31. The van der Waals surface area contributed by atoms with Gasteiger partial charge in [0.1, 0.15) is 0 Å². The summed E-state index contributed by atoms with van der Waals surface area (Å²) in [5.41, 5.74) is 3.07. The van der Waals surface area contributed by atoms with Crippen LogP contribution in [0.15, 0.2) is 41.6 Å². The van der Waals surface area contributed by atoms with Gasteiger partial charge in [-0.15, -0.1) is 5.10 Å². The minimum absolute atomic E-state index is 0.116. The van der Waals surface area contributed by atoms with Crippen molar-refractivity contribution in [2.24, 2.45) is 0 Å². The number of hydrogen-bond acceptors (Lipinski definition) is 4. The van der Waals surface area contributed by atoms with E-state index in [0.29, 0.717) is 5.65 Å². The lowest BCUT2D eigenvalue weighted by atomic mass is 10.0. The Morgan fingerprint density at radius 1 is 1.33 bits per heavy atom. The maximum atomic E-state index is 12.2. The van der Waals surface area contributed by atoms with Crippen LogP contribution < -0.4 is 5.69 Å². The van der Waals surface area contributed by atoms with Crippen LogP contribution in [-0.2, 0) is 6.54 Å². The third-order valence-electron chi connectivity index (χ3n) is 3.53. The van der Waals surface area contributed by atoms with Crippen molar-refractivity contribution in [2.75, 3.05) is 0 Å². The van der Waals surface area contributed by atoms with Gasteiger partial charge in [-0.1, -0.05) is 23.8 Å².